The molecule has 0 bridgehead atoms. The van der Waals surface area contributed by atoms with E-state index in [-0.39, 0.29) is 18.3 Å². The van der Waals surface area contributed by atoms with Crippen LogP contribution in [0.25, 0.3) is 5.69 Å². The lowest BCUT2D eigenvalue weighted by Gasteiger charge is -2.14. The molecule has 2 aromatic rings. The highest BCUT2D eigenvalue weighted by atomic mass is 35.5. The van der Waals surface area contributed by atoms with Crippen LogP contribution >= 0.6 is 12.4 Å². The van der Waals surface area contributed by atoms with Crippen LogP contribution < -0.4 is 15.8 Å². The summed E-state index contributed by atoms with van der Waals surface area (Å²) in [5.41, 5.74) is 6.57. The monoisotopic (exact) mass is 350 g/mol. The smallest absolute Gasteiger partial charge is 0.244 e. The fourth-order valence-electron chi connectivity index (χ4n) is 2.51. The number of nitrogens with two attached hydrogens (primary N) is 1. The quantitative estimate of drug-likeness (QED) is 0.843. The second-order valence-electron chi connectivity index (χ2n) is 6.22. The zero-order valence-electron chi connectivity index (χ0n) is 13.2. The van der Waals surface area contributed by atoms with Crippen molar-refractivity contribution in [3.63, 3.8) is 0 Å². The third-order valence-electron chi connectivity index (χ3n) is 4.34. The largest absolute Gasteiger partial charge is 0.494 e. The molecule has 0 saturated heterocycles. The van der Waals surface area contributed by atoms with Crippen LogP contribution in [-0.4, -0.2) is 38.8 Å². The summed E-state index contributed by atoms with van der Waals surface area (Å²) in [6, 6.07) is 5.39. The van der Waals surface area contributed by atoms with Gasteiger partial charge in [0.15, 0.2) is 5.82 Å². The number of carbonyl (C=O) groups excluding carboxylic acids is 1. The zero-order valence-corrected chi connectivity index (χ0v) is 14.0. The molecule has 1 aromatic carbocycles. The average Bonchev–Trinajstić information content (AvgIpc) is 3.48. The van der Waals surface area contributed by atoms with Crippen LogP contribution in [0.4, 0.5) is 5.69 Å². The van der Waals surface area contributed by atoms with Crippen molar-refractivity contribution < 1.29 is 9.53 Å². The Kier molecular flexibility index (Phi) is 4.18. The Hall–Kier alpha value is -2.19. The summed E-state index contributed by atoms with van der Waals surface area (Å²) >= 11 is 0. The van der Waals surface area contributed by atoms with Crippen molar-refractivity contribution in [2.24, 2.45) is 5.73 Å². The summed E-state index contributed by atoms with van der Waals surface area (Å²) in [6.45, 7) is 0. The maximum Gasteiger partial charge on any atom is 0.244 e. The molecule has 0 atom stereocenters. The highest BCUT2D eigenvalue weighted by Gasteiger charge is 2.46. The second-order valence-corrected chi connectivity index (χ2v) is 6.22. The number of tetrazole rings is 1. The van der Waals surface area contributed by atoms with Gasteiger partial charge in [0.1, 0.15) is 11.4 Å². The number of nitrogens with one attached hydrogen (secondary N) is 1. The van der Waals surface area contributed by atoms with Crippen molar-refractivity contribution >= 4 is 24.0 Å². The van der Waals surface area contributed by atoms with E-state index in [1.54, 1.807) is 23.9 Å². The number of nitrogens with zero attached hydrogens (tertiary/aromatic N) is 4. The van der Waals surface area contributed by atoms with Crippen molar-refractivity contribution in [2.45, 2.75) is 37.1 Å². The predicted octanol–water partition coefficient (Wildman–Crippen LogP) is 1.40. The van der Waals surface area contributed by atoms with E-state index in [0.29, 0.717) is 23.0 Å². The number of ether oxygens (including phenoxy) is 1. The molecule has 2 saturated carbocycles. The third kappa shape index (κ3) is 2.94. The van der Waals surface area contributed by atoms with Crippen LogP contribution in [0.2, 0.25) is 0 Å². The van der Waals surface area contributed by atoms with Gasteiger partial charge in [-0.25, -0.2) is 0 Å². The Balaban J connectivity index is 0.00000169. The van der Waals surface area contributed by atoms with E-state index in [4.69, 9.17) is 10.5 Å². The predicted molar refractivity (Wildman–Crippen MR) is 89.7 cm³/mol. The van der Waals surface area contributed by atoms with Gasteiger partial charge >= 0.3 is 0 Å². The van der Waals surface area contributed by atoms with Gasteiger partial charge in [-0.2, -0.15) is 4.68 Å². The first-order chi connectivity index (χ1) is 11.1. The van der Waals surface area contributed by atoms with Crippen LogP contribution in [-0.2, 0) is 4.79 Å². The Morgan fingerprint density at radius 2 is 2.17 bits per heavy atom. The molecule has 0 aliphatic heterocycles. The molecule has 9 heteroatoms. The maximum absolute atomic E-state index is 12.1. The van der Waals surface area contributed by atoms with E-state index in [0.717, 1.165) is 31.5 Å². The van der Waals surface area contributed by atoms with E-state index in [2.05, 4.69) is 20.8 Å². The topological polar surface area (TPSA) is 108 Å². The number of rotatable bonds is 5. The van der Waals surface area contributed by atoms with Gasteiger partial charge in [-0.1, -0.05) is 0 Å². The molecule has 2 fully saturated rings. The molecule has 3 N–H and O–H groups in total. The van der Waals surface area contributed by atoms with Crippen LogP contribution in [0.1, 0.15) is 37.4 Å². The van der Waals surface area contributed by atoms with Crippen LogP contribution in [0.3, 0.4) is 0 Å². The molecule has 1 amide bonds. The first kappa shape index (κ1) is 16.7. The van der Waals surface area contributed by atoms with Crippen LogP contribution in [0.15, 0.2) is 18.2 Å². The van der Waals surface area contributed by atoms with Gasteiger partial charge in [0.2, 0.25) is 5.91 Å². The Bertz CT molecular complexity index is 769. The zero-order chi connectivity index (χ0) is 16.0. The SMILES string of the molecule is COc1ccc(NC(=O)C2(N)CC2)cc1-n1nnnc1C1CC1.Cl. The molecule has 0 unspecified atom stereocenters. The number of benzene rings is 1. The highest BCUT2D eigenvalue weighted by Crippen LogP contribution is 2.40. The van der Waals surface area contributed by atoms with E-state index in [1.165, 1.54) is 0 Å². The molecular formula is C15H19ClN6O2. The minimum Gasteiger partial charge on any atom is -0.494 e. The summed E-state index contributed by atoms with van der Waals surface area (Å²) in [6.07, 6.45) is 3.63. The fourth-order valence-corrected chi connectivity index (χ4v) is 2.51. The molecule has 4 rings (SSSR count). The summed E-state index contributed by atoms with van der Waals surface area (Å²) in [5, 5.41) is 14.8. The molecule has 2 aliphatic rings. The standard InChI is InChI=1S/C15H18N6O2.ClH/c1-23-12-5-4-10(17-14(22)15(16)6-7-15)8-11(12)21-13(9-2-3-9)18-19-20-21;/h4-5,8-9H,2-3,6-7,16H2,1H3,(H,17,22);1H. The molecular weight excluding hydrogens is 332 g/mol. The lowest BCUT2D eigenvalue weighted by molar-refractivity contribution is -0.118. The first-order valence-corrected chi connectivity index (χ1v) is 7.68. The summed E-state index contributed by atoms with van der Waals surface area (Å²) in [4.78, 5) is 12.1. The molecule has 0 radical (unpaired) electrons. The second kappa shape index (κ2) is 6.03. The molecule has 8 nitrogen and oxygen atoms in total. The number of anilines is 1. The molecule has 1 aromatic heterocycles. The van der Waals surface area contributed by atoms with Gasteiger partial charge in [0, 0.05) is 11.6 Å². The molecule has 2 aliphatic carbocycles. The maximum atomic E-state index is 12.1. The van der Waals surface area contributed by atoms with Gasteiger partial charge in [0.05, 0.1) is 12.6 Å². The van der Waals surface area contributed by atoms with E-state index >= 15 is 0 Å². The Morgan fingerprint density at radius 1 is 1.42 bits per heavy atom. The Morgan fingerprint density at radius 3 is 2.79 bits per heavy atom. The highest BCUT2D eigenvalue weighted by molar-refractivity contribution is 6.00. The van der Waals surface area contributed by atoms with Crippen molar-refractivity contribution in [1.82, 2.24) is 20.2 Å². The number of hydrogen-bond donors (Lipinski definition) is 2. The molecule has 1 heterocycles. The van der Waals surface area contributed by atoms with Gasteiger partial charge in [-0.05, 0) is 54.3 Å². The minimum absolute atomic E-state index is 0. The van der Waals surface area contributed by atoms with Crippen molar-refractivity contribution in [1.29, 1.82) is 0 Å². The van der Waals surface area contributed by atoms with Crippen LogP contribution in [0, 0.1) is 0 Å². The van der Waals surface area contributed by atoms with Gasteiger partial charge in [0.25, 0.3) is 0 Å². The number of amides is 1. The molecule has 24 heavy (non-hydrogen) atoms. The van der Waals surface area contributed by atoms with Crippen molar-refractivity contribution in [3.8, 4) is 11.4 Å². The third-order valence-corrected chi connectivity index (χ3v) is 4.34. The number of aromatic nitrogens is 4. The average molecular weight is 351 g/mol. The van der Waals surface area contributed by atoms with Crippen LogP contribution in [0.5, 0.6) is 5.75 Å². The van der Waals surface area contributed by atoms with Crippen molar-refractivity contribution in [2.75, 3.05) is 12.4 Å². The lowest BCUT2D eigenvalue weighted by Crippen LogP contribution is -2.37. The molecule has 128 valence electrons. The van der Waals surface area contributed by atoms with Gasteiger partial charge in [-0.15, -0.1) is 17.5 Å². The fraction of sp³-hybridized carbons (Fsp3) is 0.467. The number of halogens is 1. The number of carbonyl (C=O) groups is 1. The summed E-state index contributed by atoms with van der Waals surface area (Å²) in [7, 11) is 1.59. The lowest BCUT2D eigenvalue weighted by atomic mass is 10.2. The van der Waals surface area contributed by atoms with Gasteiger partial charge < -0.3 is 15.8 Å². The number of hydrogen-bond acceptors (Lipinski definition) is 6. The van der Waals surface area contributed by atoms with Crippen molar-refractivity contribution in [3.05, 3.63) is 24.0 Å². The molecule has 0 spiro atoms. The number of methoxy groups -OCH3 is 1. The normalized spacial score (nSPS) is 17.8. The van der Waals surface area contributed by atoms with E-state index in [9.17, 15) is 4.79 Å². The van der Waals surface area contributed by atoms with Gasteiger partial charge in [-0.3, -0.25) is 4.79 Å². The summed E-state index contributed by atoms with van der Waals surface area (Å²) in [5.74, 6) is 1.70. The first-order valence-electron chi connectivity index (χ1n) is 7.68. The van der Waals surface area contributed by atoms with E-state index in [1.807, 2.05) is 6.07 Å². The minimum atomic E-state index is -0.714. The summed E-state index contributed by atoms with van der Waals surface area (Å²) < 4.78 is 7.09. The van der Waals surface area contributed by atoms with E-state index < -0.39 is 5.54 Å². The Labute approximate surface area is 145 Å².